The van der Waals surface area contributed by atoms with E-state index in [0.717, 1.165) is 65.9 Å². The van der Waals surface area contributed by atoms with Gasteiger partial charge in [0.15, 0.2) is 0 Å². The first-order valence-electron chi connectivity index (χ1n) is 11.9. The molecule has 6 rings (SSSR count). The van der Waals surface area contributed by atoms with E-state index in [2.05, 4.69) is 38.7 Å². The van der Waals surface area contributed by atoms with Gasteiger partial charge in [-0.25, -0.2) is 4.98 Å². The van der Waals surface area contributed by atoms with E-state index in [-0.39, 0.29) is 5.91 Å². The van der Waals surface area contributed by atoms with Crippen LogP contribution in [0.1, 0.15) is 16.1 Å². The molecule has 1 fully saturated rings. The second kappa shape index (κ2) is 9.33. The number of aromatic nitrogens is 1. The molecule has 0 radical (unpaired) electrons. The standard InChI is InChI=1S/C29H26N4O2/c34-29(26-12-11-21-5-1-3-7-24(21)31-26)32-25-8-4-2-6-23(25)28-18-22-10-9-20(17-27(22)35-28)19-33-15-13-30-14-16-33/h1-12,17-18,30H,13-16,19H2,(H,32,34). The summed E-state index contributed by atoms with van der Waals surface area (Å²) in [6, 6.07) is 27.6. The minimum Gasteiger partial charge on any atom is -0.456 e. The van der Waals surface area contributed by atoms with Crippen molar-refractivity contribution in [1.29, 1.82) is 0 Å². The molecule has 0 saturated carbocycles. The van der Waals surface area contributed by atoms with Crippen molar-refractivity contribution >= 4 is 33.5 Å². The van der Waals surface area contributed by atoms with Crippen LogP contribution in [0, 0.1) is 0 Å². The molecule has 0 unspecified atom stereocenters. The number of benzene rings is 3. The van der Waals surface area contributed by atoms with Crippen LogP contribution in [0.5, 0.6) is 0 Å². The van der Waals surface area contributed by atoms with Crippen LogP contribution in [0.3, 0.4) is 0 Å². The van der Waals surface area contributed by atoms with Crippen LogP contribution in [-0.4, -0.2) is 42.0 Å². The number of amides is 1. The number of hydrogen-bond acceptors (Lipinski definition) is 5. The maximum Gasteiger partial charge on any atom is 0.274 e. The molecule has 6 heteroatoms. The molecule has 2 aromatic heterocycles. The average Bonchev–Trinajstić information content (AvgIpc) is 3.32. The number of carbonyl (C=O) groups is 1. The highest BCUT2D eigenvalue weighted by Crippen LogP contribution is 2.33. The third-order valence-corrected chi connectivity index (χ3v) is 6.47. The van der Waals surface area contributed by atoms with Crippen molar-refractivity contribution < 1.29 is 9.21 Å². The van der Waals surface area contributed by atoms with E-state index in [0.29, 0.717) is 11.4 Å². The summed E-state index contributed by atoms with van der Waals surface area (Å²) in [5.41, 5.74) is 4.78. The molecule has 6 nitrogen and oxygen atoms in total. The summed E-state index contributed by atoms with van der Waals surface area (Å²) in [5.74, 6) is 0.472. The molecule has 2 N–H and O–H groups in total. The molecular weight excluding hydrogens is 436 g/mol. The van der Waals surface area contributed by atoms with E-state index in [4.69, 9.17) is 4.42 Å². The van der Waals surface area contributed by atoms with Crippen LogP contribution >= 0.6 is 0 Å². The van der Waals surface area contributed by atoms with Gasteiger partial charge >= 0.3 is 0 Å². The Morgan fingerprint density at radius 2 is 1.71 bits per heavy atom. The lowest BCUT2D eigenvalue weighted by atomic mass is 10.1. The molecule has 0 spiro atoms. The van der Waals surface area contributed by atoms with E-state index in [1.807, 2.05) is 60.7 Å². The van der Waals surface area contributed by atoms with Gasteiger partial charge in [-0.1, -0.05) is 48.5 Å². The number of fused-ring (bicyclic) bond motifs is 2. The van der Waals surface area contributed by atoms with E-state index >= 15 is 0 Å². The molecule has 1 aliphatic heterocycles. The Balaban J connectivity index is 1.26. The van der Waals surface area contributed by atoms with Gasteiger partial charge in [-0.3, -0.25) is 9.69 Å². The maximum atomic E-state index is 13.0. The van der Waals surface area contributed by atoms with E-state index in [1.165, 1.54) is 5.56 Å². The number of nitrogens with zero attached hydrogens (tertiary/aromatic N) is 2. The maximum absolute atomic E-state index is 13.0. The molecule has 5 aromatic rings. The highest BCUT2D eigenvalue weighted by atomic mass is 16.3. The molecule has 3 aromatic carbocycles. The molecule has 1 aliphatic rings. The summed E-state index contributed by atoms with van der Waals surface area (Å²) in [7, 11) is 0. The first-order chi connectivity index (χ1) is 17.2. The summed E-state index contributed by atoms with van der Waals surface area (Å²) in [6.07, 6.45) is 0. The monoisotopic (exact) mass is 462 g/mol. The minimum absolute atomic E-state index is 0.252. The van der Waals surface area contributed by atoms with Crippen molar-refractivity contribution in [2.45, 2.75) is 6.54 Å². The van der Waals surface area contributed by atoms with Gasteiger partial charge in [-0.2, -0.15) is 0 Å². The van der Waals surface area contributed by atoms with Crippen LogP contribution in [0.25, 0.3) is 33.2 Å². The third kappa shape index (κ3) is 4.54. The zero-order valence-electron chi connectivity index (χ0n) is 19.3. The van der Waals surface area contributed by atoms with Gasteiger partial charge in [0.05, 0.1) is 11.2 Å². The molecule has 174 valence electrons. The highest BCUT2D eigenvalue weighted by Gasteiger charge is 2.16. The average molecular weight is 463 g/mol. The zero-order valence-corrected chi connectivity index (χ0v) is 19.3. The zero-order chi connectivity index (χ0) is 23.6. The normalized spacial score (nSPS) is 14.4. The van der Waals surface area contributed by atoms with Crippen LogP contribution in [0.4, 0.5) is 5.69 Å². The molecule has 0 bridgehead atoms. The van der Waals surface area contributed by atoms with Gasteiger partial charge in [0.25, 0.3) is 5.91 Å². The van der Waals surface area contributed by atoms with E-state index in [9.17, 15) is 4.79 Å². The summed E-state index contributed by atoms with van der Waals surface area (Å²) in [4.78, 5) is 20.0. The molecule has 1 saturated heterocycles. The van der Waals surface area contributed by atoms with E-state index in [1.54, 1.807) is 6.07 Å². The topological polar surface area (TPSA) is 70.4 Å². The quantitative estimate of drug-likeness (QED) is 0.371. The summed E-state index contributed by atoms with van der Waals surface area (Å²) < 4.78 is 6.27. The second-order valence-corrected chi connectivity index (χ2v) is 8.90. The number of carbonyl (C=O) groups excluding carboxylic acids is 1. The Hall–Kier alpha value is -4.00. The van der Waals surface area contributed by atoms with Crippen LogP contribution < -0.4 is 10.6 Å². The Kier molecular flexibility index (Phi) is 5.74. The van der Waals surface area contributed by atoms with Gasteiger partial charge in [0, 0.05) is 49.1 Å². The fraction of sp³-hybridized carbons (Fsp3) is 0.172. The number of hydrogen-bond donors (Lipinski definition) is 2. The van der Waals surface area contributed by atoms with Gasteiger partial charge in [0.1, 0.15) is 17.0 Å². The Morgan fingerprint density at radius 1 is 0.914 bits per heavy atom. The smallest absolute Gasteiger partial charge is 0.274 e. The number of nitrogens with one attached hydrogen (secondary N) is 2. The first-order valence-corrected chi connectivity index (χ1v) is 11.9. The van der Waals surface area contributed by atoms with Crippen LogP contribution in [0.2, 0.25) is 0 Å². The minimum atomic E-state index is -0.252. The summed E-state index contributed by atoms with van der Waals surface area (Å²) in [6.45, 7) is 5.09. The van der Waals surface area contributed by atoms with Gasteiger partial charge in [-0.05, 0) is 42.0 Å². The van der Waals surface area contributed by atoms with Crippen molar-refractivity contribution in [1.82, 2.24) is 15.2 Å². The number of rotatable bonds is 5. The predicted octanol–water partition coefficient (Wildman–Crippen LogP) is 5.31. The lowest BCUT2D eigenvalue weighted by Crippen LogP contribution is -2.42. The van der Waals surface area contributed by atoms with Gasteiger partial charge in [0.2, 0.25) is 0 Å². The molecule has 0 atom stereocenters. The van der Waals surface area contributed by atoms with Crippen LogP contribution in [-0.2, 0) is 6.54 Å². The number of furan rings is 1. The van der Waals surface area contributed by atoms with Crippen molar-refractivity contribution in [2.24, 2.45) is 0 Å². The largest absolute Gasteiger partial charge is 0.456 e. The lowest BCUT2D eigenvalue weighted by molar-refractivity contribution is 0.102. The number of piperazine rings is 1. The lowest BCUT2D eigenvalue weighted by Gasteiger charge is -2.27. The fourth-order valence-electron chi connectivity index (χ4n) is 4.62. The molecular formula is C29H26N4O2. The Bertz CT molecular complexity index is 1520. The summed E-state index contributed by atoms with van der Waals surface area (Å²) in [5, 5.41) is 8.47. The molecule has 1 amide bonds. The molecule has 35 heavy (non-hydrogen) atoms. The number of pyridine rings is 1. The van der Waals surface area contributed by atoms with Crippen molar-refractivity contribution in [2.75, 3.05) is 31.5 Å². The van der Waals surface area contributed by atoms with Gasteiger partial charge < -0.3 is 15.1 Å². The number of para-hydroxylation sites is 2. The molecule has 0 aliphatic carbocycles. The SMILES string of the molecule is O=C(Nc1ccccc1-c1cc2ccc(CN3CCNCC3)cc2o1)c1ccc2ccccc2n1. The van der Waals surface area contributed by atoms with E-state index < -0.39 is 0 Å². The second-order valence-electron chi connectivity index (χ2n) is 8.90. The van der Waals surface area contributed by atoms with Crippen LogP contribution in [0.15, 0.2) is 89.3 Å². The van der Waals surface area contributed by atoms with Crippen molar-refractivity contribution in [3.8, 4) is 11.3 Å². The number of anilines is 1. The Morgan fingerprint density at radius 3 is 2.63 bits per heavy atom. The fourth-order valence-corrected chi connectivity index (χ4v) is 4.62. The van der Waals surface area contributed by atoms with Crippen molar-refractivity contribution in [3.63, 3.8) is 0 Å². The highest BCUT2D eigenvalue weighted by molar-refractivity contribution is 6.06. The van der Waals surface area contributed by atoms with Crippen molar-refractivity contribution in [3.05, 3.63) is 96.2 Å². The Labute approximate surface area is 203 Å². The van der Waals surface area contributed by atoms with Gasteiger partial charge in [-0.15, -0.1) is 0 Å². The first kappa shape index (κ1) is 21.5. The summed E-state index contributed by atoms with van der Waals surface area (Å²) >= 11 is 0. The third-order valence-electron chi connectivity index (χ3n) is 6.47. The molecule has 3 heterocycles. The predicted molar refractivity (Wildman–Crippen MR) is 139 cm³/mol.